The van der Waals surface area contributed by atoms with Crippen LogP contribution < -0.4 is 0 Å². The second kappa shape index (κ2) is 10.2. The Hall–Kier alpha value is 0.180. The van der Waals surface area contributed by atoms with Crippen molar-refractivity contribution in [1.82, 2.24) is 0 Å². The largest absolute Gasteiger partial charge is 0.154 e. The third kappa shape index (κ3) is 10.2. The molecule has 0 bridgehead atoms. The summed E-state index contributed by atoms with van der Waals surface area (Å²) >= 11 is 3.78. The van der Waals surface area contributed by atoms with Crippen LogP contribution in [0.2, 0.25) is 0 Å². The zero-order chi connectivity index (χ0) is 8.36. The first-order valence-corrected chi connectivity index (χ1v) is 6.07. The van der Waals surface area contributed by atoms with E-state index in [1.807, 2.05) is 29.6 Å². The van der Waals surface area contributed by atoms with E-state index in [-0.39, 0.29) is 0 Å². The van der Waals surface area contributed by atoms with Gasteiger partial charge in [-0.05, 0) is 17.6 Å². The maximum atomic E-state index is 3.66. The van der Waals surface area contributed by atoms with Gasteiger partial charge in [0, 0.05) is 11.5 Å². The molecule has 0 aromatic heterocycles. The molecule has 0 N–H and O–H groups in total. The molecule has 0 aliphatic heterocycles. The molecule has 0 aliphatic carbocycles. The molecule has 0 unspecified atom stereocenters. The Kier molecular flexibility index (Phi) is 10.3. The van der Waals surface area contributed by atoms with Gasteiger partial charge in [-0.25, -0.2) is 0 Å². The summed E-state index contributed by atoms with van der Waals surface area (Å²) in [5.41, 5.74) is 0. The molecular weight excluding hydrogens is 172 g/mol. The van der Waals surface area contributed by atoms with Crippen LogP contribution in [-0.4, -0.2) is 17.3 Å². The molecule has 0 nitrogen and oxygen atoms in total. The molecule has 2 heteroatoms. The van der Waals surface area contributed by atoms with E-state index in [0.29, 0.717) is 0 Å². The molecule has 0 fully saturated rings. The second-order valence-corrected chi connectivity index (χ2v) is 4.16. The molecular formula is C9H16S2. The van der Waals surface area contributed by atoms with Gasteiger partial charge in [-0.3, -0.25) is 0 Å². The third-order valence-electron chi connectivity index (χ3n) is 0.964. The van der Waals surface area contributed by atoms with Crippen LogP contribution in [0.1, 0.15) is 13.3 Å². The summed E-state index contributed by atoms with van der Waals surface area (Å²) < 4.78 is 0. The van der Waals surface area contributed by atoms with Crippen LogP contribution in [0.5, 0.6) is 0 Å². The maximum absolute atomic E-state index is 3.66. The van der Waals surface area contributed by atoms with Gasteiger partial charge in [0.15, 0.2) is 0 Å². The van der Waals surface area contributed by atoms with Crippen LogP contribution in [0.3, 0.4) is 0 Å². The Morgan fingerprint density at radius 1 is 1.36 bits per heavy atom. The molecule has 0 aromatic carbocycles. The topological polar surface area (TPSA) is 0 Å². The van der Waals surface area contributed by atoms with Crippen molar-refractivity contribution < 1.29 is 0 Å². The van der Waals surface area contributed by atoms with E-state index in [1.54, 1.807) is 0 Å². The summed E-state index contributed by atoms with van der Waals surface area (Å²) in [4.78, 5) is 0. The number of rotatable bonds is 7. The highest BCUT2D eigenvalue weighted by atomic mass is 32.2. The summed E-state index contributed by atoms with van der Waals surface area (Å²) in [6, 6.07) is 0. The molecule has 0 aliphatic rings. The Bertz CT molecular complexity index is 108. The quantitative estimate of drug-likeness (QED) is 0.442. The minimum Gasteiger partial charge on any atom is -0.154 e. The first kappa shape index (κ1) is 11.2. The van der Waals surface area contributed by atoms with Crippen LogP contribution in [0, 0.1) is 0 Å². The third-order valence-corrected chi connectivity index (χ3v) is 2.89. The van der Waals surface area contributed by atoms with E-state index in [2.05, 4.69) is 25.0 Å². The van der Waals surface area contributed by atoms with Gasteiger partial charge in [0.1, 0.15) is 0 Å². The number of thioether (sulfide) groups is 2. The predicted molar refractivity (Wildman–Crippen MR) is 59.4 cm³/mol. The average molecular weight is 188 g/mol. The lowest BCUT2D eigenvalue weighted by atomic mass is 10.6. The van der Waals surface area contributed by atoms with Crippen LogP contribution >= 0.6 is 23.5 Å². The predicted octanol–water partition coefficient (Wildman–Crippen LogP) is 3.56. The average Bonchev–Trinajstić information content (AvgIpc) is 2.03. The van der Waals surface area contributed by atoms with Gasteiger partial charge in [0.05, 0.1) is 0 Å². The van der Waals surface area contributed by atoms with E-state index in [4.69, 9.17) is 0 Å². The molecule has 64 valence electrons. The highest BCUT2D eigenvalue weighted by Gasteiger charge is 1.79. The van der Waals surface area contributed by atoms with Crippen LogP contribution in [0.25, 0.3) is 0 Å². The van der Waals surface area contributed by atoms with Crippen LogP contribution in [-0.2, 0) is 0 Å². The molecule has 0 saturated heterocycles. The summed E-state index contributed by atoms with van der Waals surface area (Å²) in [5, 5.41) is 2.19. The molecule has 0 saturated carbocycles. The smallest absolute Gasteiger partial charge is 0.0124 e. The molecule has 0 heterocycles. The van der Waals surface area contributed by atoms with Gasteiger partial charge in [-0.2, -0.15) is 11.8 Å². The fourth-order valence-corrected chi connectivity index (χ4v) is 1.77. The molecule has 0 amide bonds. The first-order valence-electron chi connectivity index (χ1n) is 3.87. The Morgan fingerprint density at radius 3 is 2.82 bits per heavy atom. The first-order chi connectivity index (χ1) is 5.41. The van der Waals surface area contributed by atoms with Crippen molar-refractivity contribution in [2.75, 3.05) is 17.3 Å². The summed E-state index contributed by atoms with van der Waals surface area (Å²) in [5.74, 6) is 3.41. The standard InChI is InChI=1S/C9H16S2/c1-3-6-10-8-5-9-11-7-4-2/h3,5,9H,1,4,6-8H2,2H3/b9-5+. The van der Waals surface area contributed by atoms with Crippen molar-refractivity contribution in [3.63, 3.8) is 0 Å². The van der Waals surface area contributed by atoms with Gasteiger partial charge in [-0.1, -0.05) is 19.1 Å². The monoisotopic (exact) mass is 188 g/mol. The van der Waals surface area contributed by atoms with Gasteiger partial charge < -0.3 is 0 Å². The minimum absolute atomic E-state index is 1.06. The fourth-order valence-electron chi connectivity index (χ4n) is 0.513. The van der Waals surface area contributed by atoms with Crippen molar-refractivity contribution in [2.24, 2.45) is 0 Å². The molecule has 0 aromatic rings. The normalized spacial score (nSPS) is 10.6. The van der Waals surface area contributed by atoms with Crippen LogP contribution in [0.15, 0.2) is 24.1 Å². The summed E-state index contributed by atoms with van der Waals surface area (Å²) in [6.07, 6.45) is 5.42. The Labute approximate surface area is 78.5 Å². The van der Waals surface area contributed by atoms with E-state index >= 15 is 0 Å². The van der Waals surface area contributed by atoms with Gasteiger partial charge in [0.2, 0.25) is 0 Å². The van der Waals surface area contributed by atoms with E-state index in [9.17, 15) is 0 Å². The molecule has 0 atom stereocenters. The van der Waals surface area contributed by atoms with Crippen molar-refractivity contribution in [3.8, 4) is 0 Å². The van der Waals surface area contributed by atoms with Crippen molar-refractivity contribution >= 4 is 23.5 Å². The van der Waals surface area contributed by atoms with Crippen molar-refractivity contribution in [1.29, 1.82) is 0 Å². The molecule has 0 radical (unpaired) electrons. The Morgan fingerprint density at radius 2 is 2.18 bits per heavy atom. The van der Waals surface area contributed by atoms with Crippen molar-refractivity contribution in [3.05, 3.63) is 24.1 Å². The van der Waals surface area contributed by atoms with Crippen molar-refractivity contribution in [2.45, 2.75) is 13.3 Å². The van der Waals surface area contributed by atoms with E-state index in [1.165, 1.54) is 12.2 Å². The minimum atomic E-state index is 1.06. The maximum Gasteiger partial charge on any atom is 0.0124 e. The van der Waals surface area contributed by atoms with Gasteiger partial charge in [0.25, 0.3) is 0 Å². The summed E-state index contributed by atoms with van der Waals surface area (Å²) in [6.45, 7) is 5.86. The fraction of sp³-hybridized carbons (Fsp3) is 0.556. The molecule has 0 spiro atoms. The lowest BCUT2D eigenvalue weighted by Crippen LogP contribution is -1.73. The zero-order valence-electron chi connectivity index (χ0n) is 7.08. The lowest BCUT2D eigenvalue weighted by molar-refractivity contribution is 1.11. The van der Waals surface area contributed by atoms with E-state index in [0.717, 1.165) is 11.5 Å². The summed E-state index contributed by atoms with van der Waals surface area (Å²) in [7, 11) is 0. The lowest BCUT2D eigenvalue weighted by Gasteiger charge is -1.90. The molecule has 11 heavy (non-hydrogen) atoms. The number of hydrogen-bond acceptors (Lipinski definition) is 2. The highest BCUT2D eigenvalue weighted by Crippen LogP contribution is 2.06. The highest BCUT2D eigenvalue weighted by molar-refractivity contribution is 8.02. The second-order valence-electron chi connectivity index (χ2n) is 2.07. The van der Waals surface area contributed by atoms with E-state index < -0.39 is 0 Å². The Balaban J connectivity index is 2.97. The van der Waals surface area contributed by atoms with Gasteiger partial charge >= 0.3 is 0 Å². The van der Waals surface area contributed by atoms with Gasteiger partial charge in [-0.15, -0.1) is 18.3 Å². The molecule has 0 rings (SSSR count). The SMILES string of the molecule is C=CCSC/C=C/SCCC. The zero-order valence-corrected chi connectivity index (χ0v) is 8.72. The van der Waals surface area contributed by atoms with Crippen LogP contribution in [0.4, 0.5) is 0 Å². The number of hydrogen-bond donors (Lipinski definition) is 0.